The van der Waals surface area contributed by atoms with E-state index in [1.807, 2.05) is 12.1 Å². The number of nitrogens with zero attached hydrogens (tertiary/aromatic N) is 1. The van der Waals surface area contributed by atoms with E-state index in [0.29, 0.717) is 17.9 Å². The maximum absolute atomic E-state index is 13.5. The molecule has 1 unspecified atom stereocenters. The molecule has 0 amide bonds. The highest BCUT2D eigenvalue weighted by molar-refractivity contribution is 5.89. The molecule has 1 aliphatic rings. The van der Waals surface area contributed by atoms with Crippen LogP contribution in [0.4, 0.5) is 4.39 Å². The number of halogens is 1. The molecule has 2 aromatic carbocycles. The van der Waals surface area contributed by atoms with E-state index in [4.69, 9.17) is 4.74 Å². The number of carbonyl (C=O) groups is 1. The molecule has 0 aromatic heterocycles. The van der Waals surface area contributed by atoms with Crippen LogP contribution in [0.5, 0.6) is 5.75 Å². The van der Waals surface area contributed by atoms with Gasteiger partial charge in [-0.25, -0.2) is 9.18 Å². The van der Waals surface area contributed by atoms with Gasteiger partial charge < -0.3 is 9.84 Å². The lowest BCUT2D eigenvalue weighted by Gasteiger charge is -2.18. The molecular formula is C19H20FNO3. The fourth-order valence-corrected chi connectivity index (χ4v) is 3.39. The number of methoxy groups -OCH3 is 1. The molecule has 0 spiro atoms. The molecule has 1 saturated heterocycles. The summed E-state index contributed by atoms with van der Waals surface area (Å²) in [7, 11) is 1.58. The first-order valence-corrected chi connectivity index (χ1v) is 7.95. The largest absolute Gasteiger partial charge is 0.496 e. The number of hydrogen-bond donors (Lipinski definition) is 1. The van der Waals surface area contributed by atoms with Gasteiger partial charge in [0.1, 0.15) is 11.6 Å². The fraction of sp³-hybridized carbons (Fsp3) is 0.316. The van der Waals surface area contributed by atoms with Gasteiger partial charge in [-0.2, -0.15) is 0 Å². The summed E-state index contributed by atoms with van der Waals surface area (Å²) in [6.45, 7) is 2.19. The molecular weight excluding hydrogens is 309 g/mol. The Labute approximate surface area is 140 Å². The van der Waals surface area contributed by atoms with Crippen LogP contribution in [0.15, 0.2) is 42.5 Å². The Morgan fingerprint density at radius 1 is 1.33 bits per heavy atom. The molecule has 0 aliphatic carbocycles. The summed E-state index contributed by atoms with van der Waals surface area (Å²) in [5, 5.41) is 9.35. The van der Waals surface area contributed by atoms with Gasteiger partial charge in [0.05, 0.1) is 12.7 Å². The van der Waals surface area contributed by atoms with Gasteiger partial charge in [0.2, 0.25) is 0 Å². The van der Waals surface area contributed by atoms with Crippen LogP contribution in [0, 0.1) is 5.82 Å². The number of hydrogen-bond acceptors (Lipinski definition) is 3. The molecule has 1 atom stereocenters. The first-order valence-electron chi connectivity index (χ1n) is 7.95. The van der Waals surface area contributed by atoms with Crippen molar-refractivity contribution in [1.82, 2.24) is 4.90 Å². The quantitative estimate of drug-likeness (QED) is 0.912. The van der Waals surface area contributed by atoms with E-state index in [0.717, 1.165) is 30.6 Å². The molecule has 1 fully saturated rings. The maximum atomic E-state index is 13.5. The van der Waals surface area contributed by atoms with Crippen molar-refractivity contribution in [2.24, 2.45) is 0 Å². The van der Waals surface area contributed by atoms with Gasteiger partial charge >= 0.3 is 5.97 Å². The number of ether oxygens (including phenoxy) is 1. The van der Waals surface area contributed by atoms with E-state index < -0.39 is 5.97 Å². The van der Waals surface area contributed by atoms with Crippen LogP contribution in [-0.2, 0) is 6.54 Å². The second kappa shape index (κ2) is 7.01. The lowest BCUT2D eigenvalue weighted by atomic mass is 9.93. The van der Waals surface area contributed by atoms with Gasteiger partial charge in [-0.05, 0) is 48.7 Å². The highest BCUT2D eigenvalue weighted by atomic mass is 19.1. The van der Waals surface area contributed by atoms with Crippen molar-refractivity contribution in [3.8, 4) is 5.75 Å². The van der Waals surface area contributed by atoms with Crippen molar-refractivity contribution in [2.75, 3.05) is 20.2 Å². The zero-order chi connectivity index (χ0) is 17.1. The second-order valence-electron chi connectivity index (χ2n) is 6.07. The van der Waals surface area contributed by atoms with Gasteiger partial charge in [-0.1, -0.05) is 18.2 Å². The second-order valence-corrected chi connectivity index (χ2v) is 6.07. The Morgan fingerprint density at radius 2 is 2.12 bits per heavy atom. The van der Waals surface area contributed by atoms with E-state index in [9.17, 15) is 14.3 Å². The number of rotatable bonds is 5. The van der Waals surface area contributed by atoms with Crippen LogP contribution in [0.25, 0.3) is 0 Å². The Balaban J connectivity index is 1.75. The highest BCUT2D eigenvalue weighted by Crippen LogP contribution is 2.31. The average molecular weight is 329 g/mol. The molecule has 24 heavy (non-hydrogen) atoms. The molecule has 1 aliphatic heterocycles. The third kappa shape index (κ3) is 3.41. The minimum absolute atomic E-state index is 0.178. The molecule has 3 rings (SSSR count). The molecule has 0 radical (unpaired) electrons. The average Bonchev–Trinajstić information content (AvgIpc) is 3.03. The number of carboxylic acids is 1. The van der Waals surface area contributed by atoms with Crippen molar-refractivity contribution in [2.45, 2.75) is 18.9 Å². The molecule has 5 heteroatoms. The van der Waals surface area contributed by atoms with E-state index in [-0.39, 0.29) is 11.7 Å². The molecule has 1 heterocycles. The minimum Gasteiger partial charge on any atom is -0.496 e. The molecule has 0 saturated carbocycles. The first-order chi connectivity index (χ1) is 11.6. The summed E-state index contributed by atoms with van der Waals surface area (Å²) in [5.41, 5.74) is 2.05. The monoisotopic (exact) mass is 329 g/mol. The van der Waals surface area contributed by atoms with Gasteiger partial charge in [0, 0.05) is 18.7 Å². The molecule has 2 aromatic rings. The summed E-state index contributed by atoms with van der Waals surface area (Å²) in [6, 6.07) is 11.7. The standard InChI is InChI=1S/C19H20FNO3/c1-24-18-7-6-15(20)10-14(18)12-21-9-8-13(11-21)16-4-2-3-5-17(16)19(22)23/h2-7,10,13H,8-9,11-12H2,1H3,(H,22,23). The lowest BCUT2D eigenvalue weighted by Crippen LogP contribution is -2.20. The van der Waals surface area contributed by atoms with Crippen molar-refractivity contribution in [3.05, 3.63) is 65.0 Å². The van der Waals surface area contributed by atoms with E-state index in [2.05, 4.69) is 4.90 Å². The fourth-order valence-electron chi connectivity index (χ4n) is 3.39. The topological polar surface area (TPSA) is 49.8 Å². The third-order valence-electron chi connectivity index (χ3n) is 4.54. The van der Waals surface area contributed by atoms with Crippen molar-refractivity contribution >= 4 is 5.97 Å². The Morgan fingerprint density at radius 3 is 2.88 bits per heavy atom. The van der Waals surface area contributed by atoms with E-state index >= 15 is 0 Å². The Hall–Kier alpha value is -2.40. The van der Waals surface area contributed by atoms with Gasteiger partial charge in [0.25, 0.3) is 0 Å². The van der Waals surface area contributed by atoms with Gasteiger partial charge in [-0.15, -0.1) is 0 Å². The van der Waals surface area contributed by atoms with Crippen LogP contribution < -0.4 is 4.74 Å². The van der Waals surface area contributed by atoms with Gasteiger partial charge in [0.15, 0.2) is 0 Å². The summed E-state index contributed by atoms with van der Waals surface area (Å²) < 4.78 is 18.8. The van der Waals surface area contributed by atoms with E-state index in [1.165, 1.54) is 12.1 Å². The van der Waals surface area contributed by atoms with Crippen molar-refractivity contribution < 1.29 is 19.0 Å². The molecule has 4 nitrogen and oxygen atoms in total. The Bertz CT molecular complexity index is 747. The van der Waals surface area contributed by atoms with Crippen LogP contribution in [-0.4, -0.2) is 36.2 Å². The predicted octanol–water partition coefficient (Wildman–Crippen LogP) is 3.52. The normalized spacial score (nSPS) is 17.8. The molecule has 0 bridgehead atoms. The minimum atomic E-state index is -0.893. The van der Waals surface area contributed by atoms with Crippen LogP contribution in [0.2, 0.25) is 0 Å². The molecule has 1 N–H and O–H groups in total. The van der Waals surface area contributed by atoms with Crippen molar-refractivity contribution in [1.29, 1.82) is 0 Å². The van der Waals surface area contributed by atoms with Crippen LogP contribution in [0.1, 0.15) is 33.8 Å². The lowest BCUT2D eigenvalue weighted by molar-refractivity contribution is 0.0695. The van der Waals surface area contributed by atoms with Crippen LogP contribution in [0.3, 0.4) is 0 Å². The first kappa shape index (κ1) is 16.5. The summed E-state index contributed by atoms with van der Waals surface area (Å²) >= 11 is 0. The van der Waals surface area contributed by atoms with Crippen molar-refractivity contribution in [3.63, 3.8) is 0 Å². The number of likely N-dealkylation sites (tertiary alicyclic amines) is 1. The number of benzene rings is 2. The SMILES string of the molecule is COc1ccc(F)cc1CN1CCC(c2ccccc2C(=O)O)C1. The summed E-state index contributed by atoms with van der Waals surface area (Å²) in [5.74, 6) is -0.323. The highest BCUT2D eigenvalue weighted by Gasteiger charge is 2.27. The van der Waals surface area contributed by atoms with Crippen LogP contribution >= 0.6 is 0 Å². The third-order valence-corrected chi connectivity index (χ3v) is 4.54. The predicted molar refractivity (Wildman–Crippen MR) is 89.0 cm³/mol. The zero-order valence-electron chi connectivity index (χ0n) is 13.5. The summed E-state index contributed by atoms with van der Waals surface area (Å²) in [6.07, 6.45) is 0.891. The smallest absolute Gasteiger partial charge is 0.335 e. The van der Waals surface area contributed by atoms with Gasteiger partial charge in [-0.3, -0.25) is 4.90 Å². The number of carboxylic acid groups (broad SMARTS) is 1. The Kier molecular flexibility index (Phi) is 4.81. The summed E-state index contributed by atoms with van der Waals surface area (Å²) in [4.78, 5) is 13.6. The molecule has 126 valence electrons. The van der Waals surface area contributed by atoms with E-state index in [1.54, 1.807) is 25.3 Å². The maximum Gasteiger partial charge on any atom is 0.335 e. The number of aromatic carboxylic acids is 1. The zero-order valence-corrected chi connectivity index (χ0v) is 13.5.